The second kappa shape index (κ2) is 11.4. The molecule has 0 saturated heterocycles. The molecule has 36 heavy (non-hydrogen) atoms. The molecule has 0 fully saturated rings. The smallest absolute Gasteiger partial charge is 0.254 e. The van der Waals surface area contributed by atoms with Crippen molar-refractivity contribution in [2.45, 2.75) is 12.8 Å². The minimum atomic E-state index is -0.944. The Kier molecular flexibility index (Phi) is 7.83. The Hall–Kier alpha value is -4.35. The lowest BCUT2D eigenvalue weighted by Crippen LogP contribution is -2.31. The SMILES string of the molecule is CC1=C(C(=O)Nc2ccccc2)[C@H](c2ccccc2F)C(C#N)=C(SCC(=O)Nc2ccccc2)N1. The summed E-state index contributed by atoms with van der Waals surface area (Å²) < 4.78 is 15.0. The summed E-state index contributed by atoms with van der Waals surface area (Å²) >= 11 is 1.13. The highest BCUT2D eigenvalue weighted by Crippen LogP contribution is 2.41. The normalized spacial score (nSPS) is 15.1. The van der Waals surface area contributed by atoms with Gasteiger partial charge in [0.2, 0.25) is 5.91 Å². The third-order valence-electron chi connectivity index (χ3n) is 5.55. The number of anilines is 2. The molecule has 2 amide bonds. The predicted molar refractivity (Wildman–Crippen MR) is 140 cm³/mol. The van der Waals surface area contributed by atoms with Gasteiger partial charge in [-0.3, -0.25) is 9.59 Å². The van der Waals surface area contributed by atoms with Crippen molar-refractivity contribution in [3.05, 3.63) is 118 Å². The van der Waals surface area contributed by atoms with E-state index >= 15 is 0 Å². The number of hydrogen-bond acceptors (Lipinski definition) is 5. The van der Waals surface area contributed by atoms with E-state index in [1.54, 1.807) is 61.5 Å². The molecular weight excluding hydrogens is 475 g/mol. The van der Waals surface area contributed by atoms with E-state index in [0.717, 1.165) is 11.8 Å². The number of dihydropyridines is 1. The lowest BCUT2D eigenvalue weighted by Gasteiger charge is -2.30. The van der Waals surface area contributed by atoms with E-state index in [1.165, 1.54) is 6.07 Å². The van der Waals surface area contributed by atoms with Gasteiger partial charge in [-0.05, 0) is 37.3 Å². The first-order chi connectivity index (χ1) is 17.5. The van der Waals surface area contributed by atoms with Gasteiger partial charge in [-0.25, -0.2) is 4.39 Å². The Balaban J connectivity index is 1.65. The lowest BCUT2D eigenvalue weighted by molar-refractivity contribution is -0.114. The van der Waals surface area contributed by atoms with Crippen LogP contribution in [0.2, 0.25) is 0 Å². The number of rotatable bonds is 7. The number of amides is 2. The molecule has 0 saturated carbocycles. The van der Waals surface area contributed by atoms with E-state index in [2.05, 4.69) is 22.0 Å². The highest BCUT2D eigenvalue weighted by molar-refractivity contribution is 8.03. The third-order valence-corrected chi connectivity index (χ3v) is 6.56. The molecule has 1 aliphatic rings. The summed E-state index contributed by atoms with van der Waals surface area (Å²) in [6.07, 6.45) is 0. The fraction of sp³-hybridized carbons (Fsp3) is 0.107. The number of benzene rings is 3. The molecule has 0 aliphatic carbocycles. The summed E-state index contributed by atoms with van der Waals surface area (Å²) in [5.41, 5.74) is 2.33. The lowest BCUT2D eigenvalue weighted by atomic mass is 9.82. The number of allylic oxidation sites excluding steroid dienone is 2. The van der Waals surface area contributed by atoms with Crippen molar-refractivity contribution in [1.29, 1.82) is 5.26 Å². The summed E-state index contributed by atoms with van der Waals surface area (Å²) in [7, 11) is 0. The summed E-state index contributed by atoms with van der Waals surface area (Å²) in [6, 6.07) is 26.2. The monoisotopic (exact) mass is 498 g/mol. The molecule has 0 bridgehead atoms. The third kappa shape index (κ3) is 5.65. The van der Waals surface area contributed by atoms with Gasteiger partial charge in [-0.2, -0.15) is 5.26 Å². The molecule has 6 nitrogen and oxygen atoms in total. The van der Waals surface area contributed by atoms with Gasteiger partial charge >= 0.3 is 0 Å². The maximum atomic E-state index is 15.0. The number of carbonyl (C=O) groups excluding carboxylic acids is 2. The van der Waals surface area contributed by atoms with Crippen molar-refractivity contribution in [1.82, 2.24) is 5.32 Å². The Morgan fingerprint density at radius 2 is 1.53 bits per heavy atom. The van der Waals surface area contributed by atoms with Gasteiger partial charge in [0.15, 0.2) is 0 Å². The minimum absolute atomic E-state index is 0.0191. The second-order valence-electron chi connectivity index (χ2n) is 8.00. The zero-order chi connectivity index (χ0) is 25.5. The van der Waals surface area contributed by atoms with Crippen molar-refractivity contribution >= 4 is 35.0 Å². The Labute approximate surface area is 212 Å². The zero-order valence-corrected chi connectivity index (χ0v) is 20.2. The first-order valence-electron chi connectivity index (χ1n) is 11.2. The molecule has 4 rings (SSSR count). The average Bonchev–Trinajstić information content (AvgIpc) is 2.88. The average molecular weight is 499 g/mol. The fourth-order valence-electron chi connectivity index (χ4n) is 3.92. The van der Waals surface area contributed by atoms with Crippen LogP contribution in [0.3, 0.4) is 0 Å². The zero-order valence-electron chi connectivity index (χ0n) is 19.4. The maximum Gasteiger partial charge on any atom is 0.254 e. The Morgan fingerprint density at radius 1 is 0.944 bits per heavy atom. The summed E-state index contributed by atoms with van der Waals surface area (Å²) in [6.45, 7) is 1.70. The molecule has 3 aromatic rings. The van der Waals surface area contributed by atoms with Crippen LogP contribution in [0.4, 0.5) is 15.8 Å². The molecule has 0 spiro atoms. The fourth-order valence-corrected chi connectivity index (χ4v) is 4.82. The van der Waals surface area contributed by atoms with Crippen molar-refractivity contribution in [3.63, 3.8) is 0 Å². The number of nitriles is 1. The van der Waals surface area contributed by atoms with Crippen LogP contribution in [0.1, 0.15) is 18.4 Å². The quantitative estimate of drug-likeness (QED) is 0.398. The van der Waals surface area contributed by atoms with E-state index < -0.39 is 17.6 Å². The van der Waals surface area contributed by atoms with Crippen molar-refractivity contribution < 1.29 is 14.0 Å². The van der Waals surface area contributed by atoms with Crippen molar-refractivity contribution in [2.24, 2.45) is 0 Å². The largest absolute Gasteiger partial charge is 0.353 e. The Bertz CT molecular complexity index is 1380. The number of nitrogens with one attached hydrogen (secondary N) is 3. The molecule has 1 heterocycles. The van der Waals surface area contributed by atoms with Crippen LogP contribution in [0.15, 0.2) is 107 Å². The van der Waals surface area contributed by atoms with E-state index in [0.29, 0.717) is 22.1 Å². The minimum Gasteiger partial charge on any atom is -0.353 e. The summed E-state index contributed by atoms with van der Waals surface area (Å²) in [5.74, 6) is -2.15. The van der Waals surface area contributed by atoms with Crippen LogP contribution in [0.5, 0.6) is 0 Å². The van der Waals surface area contributed by atoms with Gasteiger partial charge in [0.25, 0.3) is 5.91 Å². The number of halogens is 1. The van der Waals surface area contributed by atoms with Gasteiger partial charge in [-0.1, -0.05) is 66.4 Å². The molecule has 3 aromatic carbocycles. The van der Waals surface area contributed by atoms with E-state index in [4.69, 9.17) is 0 Å². The molecule has 180 valence electrons. The summed E-state index contributed by atoms with van der Waals surface area (Å²) in [4.78, 5) is 25.9. The summed E-state index contributed by atoms with van der Waals surface area (Å²) in [5, 5.41) is 19.3. The molecule has 1 atom stereocenters. The van der Waals surface area contributed by atoms with E-state index in [-0.39, 0.29) is 28.4 Å². The van der Waals surface area contributed by atoms with Crippen molar-refractivity contribution in [3.8, 4) is 6.07 Å². The molecule has 0 radical (unpaired) electrons. The standard InChI is InChI=1S/C28H23FN4O2S/c1-18-25(27(35)33-20-12-6-3-7-13-20)26(21-14-8-9-15-23(21)29)22(16-30)28(31-18)36-17-24(34)32-19-10-4-2-5-11-19/h2-15,26,31H,17H2,1H3,(H,32,34)(H,33,35)/t26-/m1/s1. The molecular formula is C28H23FN4O2S. The number of carbonyl (C=O) groups is 2. The van der Waals surface area contributed by atoms with Crippen LogP contribution in [0, 0.1) is 17.1 Å². The van der Waals surface area contributed by atoms with E-state index in [1.807, 2.05) is 24.3 Å². The van der Waals surface area contributed by atoms with Gasteiger partial charge in [0.1, 0.15) is 5.82 Å². The van der Waals surface area contributed by atoms with Crippen LogP contribution in [-0.2, 0) is 9.59 Å². The number of thioether (sulfide) groups is 1. The molecule has 8 heteroatoms. The van der Waals surface area contributed by atoms with Crippen molar-refractivity contribution in [2.75, 3.05) is 16.4 Å². The molecule has 0 aromatic heterocycles. The van der Waals surface area contributed by atoms with Gasteiger partial charge < -0.3 is 16.0 Å². The predicted octanol–water partition coefficient (Wildman–Crippen LogP) is 5.53. The maximum absolute atomic E-state index is 15.0. The first kappa shape index (κ1) is 24.8. The molecule has 3 N–H and O–H groups in total. The second-order valence-corrected chi connectivity index (χ2v) is 8.98. The highest BCUT2D eigenvalue weighted by atomic mass is 32.2. The number of nitrogens with zero attached hydrogens (tertiary/aromatic N) is 1. The highest BCUT2D eigenvalue weighted by Gasteiger charge is 2.36. The number of hydrogen-bond donors (Lipinski definition) is 3. The van der Waals surface area contributed by atoms with Crippen LogP contribution >= 0.6 is 11.8 Å². The first-order valence-corrected chi connectivity index (χ1v) is 12.2. The van der Waals surface area contributed by atoms with Gasteiger partial charge in [0.05, 0.1) is 28.3 Å². The van der Waals surface area contributed by atoms with Crippen LogP contribution < -0.4 is 16.0 Å². The van der Waals surface area contributed by atoms with Gasteiger partial charge in [-0.15, -0.1) is 0 Å². The van der Waals surface area contributed by atoms with Gasteiger partial charge in [0, 0.05) is 28.2 Å². The van der Waals surface area contributed by atoms with Crippen LogP contribution in [-0.4, -0.2) is 17.6 Å². The molecule has 0 unspecified atom stereocenters. The Morgan fingerprint density at radius 3 is 2.14 bits per heavy atom. The molecule has 1 aliphatic heterocycles. The van der Waals surface area contributed by atoms with Crippen LogP contribution in [0.25, 0.3) is 0 Å². The van der Waals surface area contributed by atoms with E-state index in [9.17, 15) is 19.2 Å². The number of para-hydroxylation sites is 2. The topological polar surface area (TPSA) is 94.0 Å².